The van der Waals surface area contributed by atoms with Gasteiger partial charge in [0, 0.05) is 25.2 Å². The highest BCUT2D eigenvalue weighted by atomic mass is 16.5. The predicted molar refractivity (Wildman–Crippen MR) is 107 cm³/mol. The van der Waals surface area contributed by atoms with E-state index in [4.69, 9.17) is 4.74 Å². The molecule has 152 valence electrons. The second-order valence-corrected chi connectivity index (χ2v) is 6.24. The number of esters is 1. The van der Waals surface area contributed by atoms with Crippen molar-refractivity contribution < 1.29 is 23.9 Å². The van der Waals surface area contributed by atoms with Gasteiger partial charge in [-0.1, -0.05) is 36.4 Å². The molecule has 0 spiro atoms. The van der Waals surface area contributed by atoms with Gasteiger partial charge >= 0.3 is 5.97 Å². The van der Waals surface area contributed by atoms with Gasteiger partial charge in [-0.25, -0.2) is 0 Å². The summed E-state index contributed by atoms with van der Waals surface area (Å²) < 4.78 is 5.03. The summed E-state index contributed by atoms with van der Waals surface area (Å²) >= 11 is 0. The quantitative estimate of drug-likeness (QED) is 0.588. The van der Waals surface area contributed by atoms with Crippen molar-refractivity contribution in [1.29, 1.82) is 0 Å². The van der Waals surface area contributed by atoms with Crippen LogP contribution in [0.1, 0.15) is 35.3 Å². The maximum atomic E-state index is 12.1. The van der Waals surface area contributed by atoms with Gasteiger partial charge in [0.05, 0.1) is 12.5 Å². The summed E-state index contributed by atoms with van der Waals surface area (Å²) in [6, 6.07) is 14.8. The van der Waals surface area contributed by atoms with Gasteiger partial charge in [-0.3, -0.25) is 19.2 Å². The van der Waals surface area contributed by atoms with Crippen LogP contribution in [0.15, 0.2) is 54.6 Å². The number of anilines is 1. The number of amides is 3. The number of carbonyl (C=O) groups excluding carboxylic acids is 4. The molecule has 0 saturated heterocycles. The van der Waals surface area contributed by atoms with Crippen LogP contribution in [0.3, 0.4) is 0 Å². The zero-order valence-corrected chi connectivity index (χ0v) is 16.2. The van der Waals surface area contributed by atoms with Crippen LogP contribution in [0, 0.1) is 0 Å². The third-order valence-corrected chi connectivity index (χ3v) is 3.95. The summed E-state index contributed by atoms with van der Waals surface area (Å²) in [7, 11) is 1.51. The second-order valence-electron chi connectivity index (χ2n) is 6.24. The maximum Gasteiger partial charge on any atom is 0.308 e. The van der Waals surface area contributed by atoms with Gasteiger partial charge < -0.3 is 20.7 Å². The fourth-order valence-electron chi connectivity index (χ4n) is 2.63. The molecule has 0 saturated carbocycles. The lowest BCUT2D eigenvalue weighted by Crippen LogP contribution is -2.29. The van der Waals surface area contributed by atoms with E-state index < -0.39 is 24.5 Å². The number of benzene rings is 2. The van der Waals surface area contributed by atoms with Crippen molar-refractivity contribution in [1.82, 2.24) is 10.6 Å². The van der Waals surface area contributed by atoms with Crippen molar-refractivity contribution in [3.8, 4) is 0 Å². The molecule has 8 heteroatoms. The van der Waals surface area contributed by atoms with E-state index >= 15 is 0 Å². The van der Waals surface area contributed by atoms with Gasteiger partial charge in [0.2, 0.25) is 5.91 Å². The number of carbonyl (C=O) groups is 4. The molecule has 8 nitrogen and oxygen atoms in total. The van der Waals surface area contributed by atoms with Crippen LogP contribution in [-0.2, 0) is 19.1 Å². The third-order valence-electron chi connectivity index (χ3n) is 3.95. The molecular weight excluding hydrogens is 374 g/mol. The molecule has 2 rings (SSSR count). The average Bonchev–Trinajstić information content (AvgIpc) is 2.71. The Morgan fingerprint density at radius 1 is 1.00 bits per heavy atom. The first-order valence-electron chi connectivity index (χ1n) is 8.98. The van der Waals surface area contributed by atoms with E-state index in [2.05, 4.69) is 16.0 Å². The Kier molecular flexibility index (Phi) is 7.90. The lowest BCUT2D eigenvalue weighted by Gasteiger charge is -2.17. The van der Waals surface area contributed by atoms with Gasteiger partial charge in [-0.05, 0) is 23.8 Å². The molecule has 1 atom stereocenters. The Bertz CT molecular complexity index is 883. The molecule has 0 bridgehead atoms. The Labute approximate surface area is 168 Å². The van der Waals surface area contributed by atoms with E-state index in [0.29, 0.717) is 11.3 Å². The van der Waals surface area contributed by atoms with Gasteiger partial charge in [0.15, 0.2) is 6.61 Å². The lowest BCUT2D eigenvalue weighted by atomic mass is 10.0. The largest absolute Gasteiger partial charge is 0.455 e. The fraction of sp³-hybridized carbons (Fsp3) is 0.238. The van der Waals surface area contributed by atoms with Crippen LogP contribution in [-0.4, -0.2) is 37.3 Å². The van der Waals surface area contributed by atoms with Crippen molar-refractivity contribution in [3.05, 3.63) is 65.7 Å². The van der Waals surface area contributed by atoms with Crippen molar-refractivity contribution in [2.45, 2.75) is 19.4 Å². The average molecular weight is 397 g/mol. The van der Waals surface area contributed by atoms with E-state index in [-0.39, 0.29) is 18.2 Å². The number of hydrogen-bond donors (Lipinski definition) is 3. The predicted octanol–water partition coefficient (Wildman–Crippen LogP) is 1.80. The van der Waals surface area contributed by atoms with Crippen LogP contribution in [0.4, 0.5) is 5.69 Å². The molecule has 0 fully saturated rings. The number of ether oxygens (including phenoxy) is 1. The molecule has 3 amide bonds. The molecule has 0 aliphatic carbocycles. The van der Waals surface area contributed by atoms with E-state index in [1.54, 1.807) is 42.5 Å². The van der Waals surface area contributed by atoms with E-state index in [0.717, 1.165) is 5.56 Å². The highest BCUT2D eigenvalue weighted by molar-refractivity contribution is 5.97. The lowest BCUT2D eigenvalue weighted by molar-refractivity contribution is -0.148. The van der Waals surface area contributed by atoms with Crippen LogP contribution >= 0.6 is 0 Å². The topological polar surface area (TPSA) is 114 Å². The molecule has 0 unspecified atom stereocenters. The van der Waals surface area contributed by atoms with Gasteiger partial charge in [-0.2, -0.15) is 0 Å². The van der Waals surface area contributed by atoms with Gasteiger partial charge in [-0.15, -0.1) is 0 Å². The summed E-state index contributed by atoms with van der Waals surface area (Å²) in [6.45, 7) is 0.881. The number of rotatable bonds is 8. The standard InChI is InChI=1S/C21H23N3O5/c1-14(25)23-18(15-7-4-3-5-8-15)12-20(27)29-13-19(26)24-17-10-6-9-16(11-17)21(28)22-2/h3-11,18H,12-13H2,1-2H3,(H,22,28)(H,23,25)(H,24,26)/t18-/m1/s1. The molecular formula is C21H23N3O5. The minimum absolute atomic E-state index is 0.108. The summed E-state index contributed by atoms with van der Waals surface area (Å²) in [4.78, 5) is 47.2. The molecule has 0 radical (unpaired) electrons. The summed E-state index contributed by atoms with van der Waals surface area (Å²) in [5.41, 5.74) is 1.56. The first-order chi connectivity index (χ1) is 13.9. The minimum Gasteiger partial charge on any atom is -0.455 e. The minimum atomic E-state index is -0.623. The van der Waals surface area contributed by atoms with Crippen LogP contribution in [0.25, 0.3) is 0 Å². The molecule has 0 aliphatic rings. The summed E-state index contributed by atoms with van der Waals surface area (Å²) in [5.74, 6) is -1.72. The molecule has 0 aliphatic heterocycles. The van der Waals surface area contributed by atoms with Crippen molar-refractivity contribution in [3.63, 3.8) is 0 Å². The van der Waals surface area contributed by atoms with E-state index in [9.17, 15) is 19.2 Å². The van der Waals surface area contributed by atoms with Crippen LogP contribution in [0.5, 0.6) is 0 Å². The SMILES string of the molecule is CNC(=O)c1cccc(NC(=O)COC(=O)C[C@@H](NC(C)=O)c2ccccc2)c1. The van der Waals surface area contributed by atoms with Crippen LogP contribution < -0.4 is 16.0 Å². The second kappa shape index (κ2) is 10.6. The van der Waals surface area contributed by atoms with Gasteiger partial charge in [0.1, 0.15) is 0 Å². The Hall–Kier alpha value is -3.68. The fourth-order valence-corrected chi connectivity index (χ4v) is 2.63. The zero-order valence-electron chi connectivity index (χ0n) is 16.2. The highest BCUT2D eigenvalue weighted by Crippen LogP contribution is 2.17. The maximum absolute atomic E-state index is 12.1. The first kappa shape index (κ1) is 21.6. The molecule has 2 aromatic carbocycles. The molecule has 0 heterocycles. The van der Waals surface area contributed by atoms with E-state index in [1.165, 1.54) is 20.0 Å². The third kappa shape index (κ3) is 7.10. The highest BCUT2D eigenvalue weighted by Gasteiger charge is 2.18. The summed E-state index contributed by atoms with van der Waals surface area (Å²) in [6.07, 6.45) is -0.108. The summed E-state index contributed by atoms with van der Waals surface area (Å²) in [5, 5.41) is 7.76. The zero-order chi connectivity index (χ0) is 21.2. The monoisotopic (exact) mass is 397 g/mol. The van der Waals surface area contributed by atoms with E-state index in [1.807, 2.05) is 6.07 Å². The van der Waals surface area contributed by atoms with Crippen LogP contribution in [0.2, 0.25) is 0 Å². The first-order valence-corrected chi connectivity index (χ1v) is 8.98. The van der Waals surface area contributed by atoms with Crippen molar-refractivity contribution in [2.24, 2.45) is 0 Å². The molecule has 29 heavy (non-hydrogen) atoms. The normalized spacial score (nSPS) is 11.1. The Morgan fingerprint density at radius 2 is 1.72 bits per heavy atom. The molecule has 3 N–H and O–H groups in total. The number of nitrogens with one attached hydrogen (secondary N) is 3. The van der Waals surface area contributed by atoms with Crippen molar-refractivity contribution in [2.75, 3.05) is 19.0 Å². The van der Waals surface area contributed by atoms with Gasteiger partial charge in [0.25, 0.3) is 11.8 Å². The van der Waals surface area contributed by atoms with Crippen molar-refractivity contribution >= 4 is 29.4 Å². The molecule has 0 aromatic heterocycles. The Balaban J connectivity index is 1.89. The Morgan fingerprint density at radius 3 is 2.38 bits per heavy atom. The number of hydrogen-bond acceptors (Lipinski definition) is 5. The molecule has 2 aromatic rings. The smallest absolute Gasteiger partial charge is 0.308 e.